The van der Waals surface area contributed by atoms with Crippen LogP contribution in [0.5, 0.6) is 5.75 Å². The summed E-state index contributed by atoms with van der Waals surface area (Å²) in [6.07, 6.45) is 4.08. The molecule has 0 aromatic heterocycles. The summed E-state index contributed by atoms with van der Waals surface area (Å²) in [6.45, 7) is 29.4. The first kappa shape index (κ1) is 103. The van der Waals surface area contributed by atoms with Gasteiger partial charge in [0.2, 0.25) is 65.0 Å². The number of nitrogens with one attached hydrogen (secondary N) is 13. The number of aliphatic hydroxyl groups is 2. The molecule has 644 valence electrons. The van der Waals surface area contributed by atoms with Crippen LogP contribution >= 0.6 is 0 Å². The van der Waals surface area contributed by atoms with Crippen molar-refractivity contribution in [1.82, 2.24) is 69.1 Å². The number of benzene rings is 1. The van der Waals surface area contributed by atoms with Crippen LogP contribution in [0.25, 0.3) is 0 Å². The number of aliphatic hydroxyl groups excluding tert-OH is 2. The zero-order chi connectivity index (χ0) is 86.1. The number of carbonyl (C=O) groups excluding carboxylic acids is 13. The highest BCUT2D eigenvalue weighted by Crippen LogP contribution is 2.19. The van der Waals surface area contributed by atoms with Gasteiger partial charge in [-0.25, -0.2) is 0 Å². The topological polar surface area (TPSA) is 534 Å². The summed E-state index contributed by atoms with van der Waals surface area (Å²) >= 11 is 0. The highest BCUT2D eigenvalue weighted by molar-refractivity contribution is 7.84. The summed E-state index contributed by atoms with van der Waals surface area (Å²) in [6, 6.07) is -9.06. The highest BCUT2D eigenvalue weighted by Gasteiger charge is 2.40. The summed E-state index contributed by atoms with van der Waals surface area (Å²) in [4.78, 5) is 186. The first-order valence-electron chi connectivity index (χ1n) is 40.2. The molecule has 22 N–H and O–H groups in total. The molecule has 0 saturated carbocycles. The molecule has 0 aliphatic rings. The van der Waals surface area contributed by atoms with Gasteiger partial charge in [-0.1, -0.05) is 148 Å². The van der Waals surface area contributed by atoms with Crippen molar-refractivity contribution in [1.29, 1.82) is 0 Å². The molecule has 13 amide bonds. The molecule has 34 heteroatoms. The molecule has 1 rings (SSSR count). The molecule has 0 saturated heterocycles. The Morgan fingerprint density at radius 1 is 0.416 bits per heavy atom. The molecular weight excluding hydrogens is 1480 g/mol. The van der Waals surface area contributed by atoms with Crippen LogP contribution in [0, 0.1) is 47.3 Å². The van der Waals surface area contributed by atoms with Crippen LogP contribution in [0.3, 0.4) is 0 Å². The highest BCUT2D eigenvalue weighted by atomic mass is 32.2. The van der Waals surface area contributed by atoms with Crippen molar-refractivity contribution in [2.24, 2.45) is 64.5 Å². The third-order valence-electron chi connectivity index (χ3n) is 20.1. The fraction of sp³-hybridized carbons (Fsp3) is 0.734. The van der Waals surface area contributed by atoms with E-state index in [1.807, 2.05) is 27.7 Å². The fourth-order valence-electron chi connectivity index (χ4n) is 11.9. The Hall–Kier alpha value is -8.18. The Labute approximate surface area is 671 Å². The predicted molar refractivity (Wildman–Crippen MR) is 435 cm³/mol. The van der Waals surface area contributed by atoms with Gasteiger partial charge in [0.25, 0.3) is 11.8 Å². The average Bonchev–Trinajstić information content (AvgIpc) is 0.846. The molecule has 1 unspecified atom stereocenters. The standard InChI is InChI=1S/C79H140N16O17S/c1-19-48(15)64(77(109)87-54(28-23-25-36-80)68(100)89-59(41-51-31-33-52(97)34-32-51)73(105)88-58(40-43(5)6)72(104)90-60(42-96)44(7)8)95-76(108)62(46(11)12)91-70(102)55(29-24-26-37-81)86-74(106)61(45(9)10)92-75(107)63(47(13)14)93-78(110)65(49(16)20-2)94-71(103)56(30-27-38-82)84-69(101)57(35-39-113(18)112)85-67(99)53(22-4)83-79(111)66(98)50(17)21-3/h22,31-34,43-50,54-66,96-98H,19-21,23-30,35-42,80-82H2,1-18H3,(H,83,111)(H,84,101)(H,85,99)(H,86,106)(H,87,109)(H,88,105)(H,89,100)(H,90,104)(H,91,102)(H,92,107)(H,93,110)(H,94,103)(H,95,108)/b53-22+/t48-,49-,50-,54-,55-,56-,57-,58-,59-,60+,61-,62-,63-,64-,65-,66-,113?/m0/s1. The lowest BCUT2D eigenvalue weighted by molar-refractivity contribution is -0.137. The normalized spacial score (nSPS) is 16.3. The largest absolute Gasteiger partial charge is 0.508 e. The van der Waals surface area contributed by atoms with Gasteiger partial charge in [-0.2, -0.15) is 0 Å². The van der Waals surface area contributed by atoms with Crippen LogP contribution in [-0.2, 0) is 79.5 Å². The number of unbranched alkanes of at least 4 members (excludes halogenated alkanes) is 2. The van der Waals surface area contributed by atoms with Gasteiger partial charge in [0.05, 0.1) is 12.6 Å². The maximum atomic E-state index is 14.7. The number of amides is 13. The first-order chi connectivity index (χ1) is 53.1. The third-order valence-corrected chi connectivity index (χ3v) is 20.9. The van der Waals surface area contributed by atoms with Crippen LogP contribution in [0.1, 0.15) is 207 Å². The number of phenols is 1. The van der Waals surface area contributed by atoms with Crippen molar-refractivity contribution in [2.45, 2.75) is 286 Å². The van der Waals surface area contributed by atoms with Gasteiger partial charge in [0, 0.05) is 29.2 Å². The summed E-state index contributed by atoms with van der Waals surface area (Å²) < 4.78 is 12.3. The van der Waals surface area contributed by atoms with Crippen LogP contribution < -0.4 is 86.3 Å². The van der Waals surface area contributed by atoms with Crippen molar-refractivity contribution in [3.63, 3.8) is 0 Å². The zero-order valence-corrected chi connectivity index (χ0v) is 71.0. The fourth-order valence-corrected chi connectivity index (χ4v) is 12.5. The van der Waals surface area contributed by atoms with Crippen LogP contribution in [0.4, 0.5) is 0 Å². The Kier molecular flexibility index (Phi) is 49.0. The van der Waals surface area contributed by atoms with E-state index in [2.05, 4.69) is 69.1 Å². The summed E-state index contributed by atoms with van der Waals surface area (Å²) in [5.41, 5.74) is 17.9. The average molecular weight is 1620 g/mol. The van der Waals surface area contributed by atoms with E-state index >= 15 is 0 Å². The zero-order valence-electron chi connectivity index (χ0n) is 70.1. The number of allylic oxidation sites excluding steroid dienone is 1. The molecular formula is C79H140N16O17S. The van der Waals surface area contributed by atoms with Crippen LogP contribution in [-0.4, -0.2) is 213 Å². The summed E-state index contributed by atoms with van der Waals surface area (Å²) in [7, 11) is -1.45. The Morgan fingerprint density at radius 2 is 0.761 bits per heavy atom. The van der Waals surface area contributed by atoms with E-state index in [-0.39, 0.29) is 100 Å². The molecule has 33 nitrogen and oxygen atoms in total. The number of hydrogen-bond acceptors (Lipinski definition) is 20. The van der Waals surface area contributed by atoms with Crippen molar-refractivity contribution in [2.75, 3.05) is 38.2 Å². The van der Waals surface area contributed by atoms with Gasteiger partial charge in [0.1, 0.15) is 84.0 Å². The number of aromatic hydroxyl groups is 1. The molecule has 0 radical (unpaired) electrons. The van der Waals surface area contributed by atoms with E-state index in [0.717, 1.165) is 0 Å². The second-order valence-electron chi connectivity index (χ2n) is 31.4. The van der Waals surface area contributed by atoms with Crippen LogP contribution in [0.15, 0.2) is 36.0 Å². The lowest BCUT2D eigenvalue weighted by atomic mass is 9.95. The van der Waals surface area contributed by atoms with E-state index in [1.165, 1.54) is 31.4 Å². The molecule has 0 heterocycles. The van der Waals surface area contributed by atoms with Gasteiger partial charge in [-0.05, 0) is 156 Å². The van der Waals surface area contributed by atoms with Gasteiger partial charge in [0.15, 0.2) is 0 Å². The molecule has 17 atom stereocenters. The van der Waals surface area contributed by atoms with Crippen molar-refractivity contribution in [3.8, 4) is 5.75 Å². The summed E-state index contributed by atoms with van der Waals surface area (Å²) in [5.74, 6) is -14.0. The molecule has 113 heavy (non-hydrogen) atoms. The van der Waals surface area contributed by atoms with Crippen molar-refractivity contribution in [3.05, 3.63) is 41.6 Å². The molecule has 0 bridgehead atoms. The van der Waals surface area contributed by atoms with Crippen LogP contribution in [0.2, 0.25) is 0 Å². The van der Waals surface area contributed by atoms with E-state index in [4.69, 9.17) is 17.2 Å². The molecule has 1 aromatic carbocycles. The van der Waals surface area contributed by atoms with Gasteiger partial charge >= 0.3 is 0 Å². The SMILES string of the molecule is C/C=C(/NC(=O)[C@@H](O)[C@@H](C)CC)C(=O)N[C@@H](CCS(C)=O)C(=O)N[C@@H](CCCN)C(=O)N[C@H](C(=O)N[C@H](C(=O)N[C@H](C(=O)N[C@@H](CCCCN)C(=O)N[C@H](C(=O)N[C@H](C(=O)N[C@@H](CCCCN)C(=O)N[C@@H](Cc1ccc(O)cc1)C(=O)N[C@@H](CC(C)C)C(=O)N[C@H](CO)C(C)C)[C@@H](C)CC)C(C)C)C(C)C)C(C)C)[C@@H](C)CC. The quantitative estimate of drug-likeness (QED) is 0.0315. The Balaban J connectivity index is 3.66. The number of phenolic OH excluding ortho intramolecular Hbond substituents is 1. The smallest absolute Gasteiger partial charge is 0.268 e. The molecule has 0 spiro atoms. The van der Waals surface area contributed by atoms with E-state index in [1.54, 1.807) is 95.2 Å². The van der Waals surface area contributed by atoms with Crippen molar-refractivity contribution >= 4 is 87.6 Å². The monoisotopic (exact) mass is 1620 g/mol. The van der Waals surface area contributed by atoms with Gasteiger partial charge in [-0.3, -0.25) is 66.5 Å². The van der Waals surface area contributed by atoms with Gasteiger partial charge < -0.3 is 102 Å². The number of rotatable bonds is 55. The van der Waals surface area contributed by atoms with Gasteiger partial charge in [-0.15, -0.1) is 0 Å². The summed E-state index contributed by atoms with van der Waals surface area (Å²) in [5, 5.41) is 66.0. The Morgan fingerprint density at radius 3 is 1.16 bits per heavy atom. The van der Waals surface area contributed by atoms with Crippen molar-refractivity contribution < 1.29 is 81.9 Å². The lowest BCUT2D eigenvalue weighted by Crippen LogP contribution is -2.63. The Bertz CT molecular complexity index is 3250. The second-order valence-corrected chi connectivity index (χ2v) is 33.0. The molecule has 1 aromatic rings. The van der Waals surface area contributed by atoms with E-state index in [9.17, 15) is 81.9 Å². The number of carbonyl (C=O) groups is 13. The first-order valence-corrected chi connectivity index (χ1v) is 41.9. The molecule has 0 fully saturated rings. The minimum Gasteiger partial charge on any atom is -0.508 e. The minimum atomic E-state index is -1.45. The predicted octanol–water partition coefficient (Wildman–Crippen LogP) is 0.699. The third kappa shape index (κ3) is 36.9. The maximum Gasteiger partial charge on any atom is 0.268 e. The number of nitrogens with two attached hydrogens (primary N) is 3. The second kappa shape index (κ2) is 53.8. The minimum absolute atomic E-state index is 0.0197. The molecule has 0 aliphatic carbocycles. The maximum absolute atomic E-state index is 14.7. The van der Waals surface area contributed by atoms with E-state index < -0.39 is 202 Å². The lowest BCUT2D eigenvalue weighted by Gasteiger charge is -2.32. The number of hydrogen-bond donors (Lipinski definition) is 19. The molecule has 0 aliphatic heterocycles. The van der Waals surface area contributed by atoms with E-state index in [0.29, 0.717) is 50.5 Å².